The first-order valence-electron chi connectivity index (χ1n) is 6.67. The lowest BCUT2D eigenvalue weighted by atomic mass is 10.2. The number of ether oxygens (including phenoxy) is 2. The summed E-state index contributed by atoms with van der Waals surface area (Å²) in [6, 6.07) is 7.71. The van der Waals surface area contributed by atoms with Crippen LogP contribution in [0.4, 0.5) is 0 Å². The molecule has 0 bridgehead atoms. The summed E-state index contributed by atoms with van der Waals surface area (Å²) >= 11 is 0. The third-order valence-corrected chi connectivity index (χ3v) is 2.79. The highest BCUT2D eigenvalue weighted by Crippen LogP contribution is 2.14. The maximum atomic E-state index is 11.9. The number of methoxy groups -OCH3 is 1. The van der Waals surface area contributed by atoms with Gasteiger partial charge in [-0.25, -0.2) is 0 Å². The average Bonchev–Trinajstić information content (AvgIpc) is 2.42. The smallest absolute Gasteiger partial charge is 0.261 e. The van der Waals surface area contributed by atoms with Crippen molar-refractivity contribution in [2.45, 2.75) is 32.8 Å². The Kier molecular flexibility index (Phi) is 6.97. The molecule has 4 heteroatoms. The van der Waals surface area contributed by atoms with Crippen LogP contribution in [0.1, 0.15) is 25.3 Å². The Morgan fingerprint density at radius 1 is 1.32 bits per heavy atom. The molecule has 106 valence electrons. The van der Waals surface area contributed by atoms with Crippen molar-refractivity contribution in [1.82, 2.24) is 5.32 Å². The van der Waals surface area contributed by atoms with E-state index in [1.54, 1.807) is 7.11 Å². The van der Waals surface area contributed by atoms with Crippen LogP contribution in [0.5, 0.6) is 5.75 Å². The molecule has 1 aromatic carbocycles. The fourth-order valence-corrected chi connectivity index (χ4v) is 1.65. The second-order valence-corrected chi connectivity index (χ2v) is 4.47. The molecule has 0 radical (unpaired) electrons. The van der Waals surface area contributed by atoms with E-state index in [-0.39, 0.29) is 5.91 Å². The van der Waals surface area contributed by atoms with Gasteiger partial charge in [0.05, 0.1) is 0 Å². The lowest BCUT2D eigenvalue weighted by Gasteiger charge is -2.17. The van der Waals surface area contributed by atoms with E-state index < -0.39 is 6.10 Å². The largest absolute Gasteiger partial charge is 0.481 e. The Morgan fingerprint density at radius 3 is 2.58 bits per heavy atom. The summed E-state index contributed by atoms with van der Waals surface area (Å²) in [6.45, 7) is 5.22. The lowest BCUT2D eigenvalue weighted by molar-refractivity contribution is -0.128. The van der Waals surface area contributed by atoms with Crippen molar-refractivity contribution in [2.24, 2.45) is 0 Å². The molecule has 0 spiro atoms. The summed E-state index contributed by atoms with van der Waals surface area (Å²) in [5.74, 6) is 0.656. The van der Waals surface area contributed by atoms with Crippen LogP contribution in [-0.2, 0) is 9.53 Å². The number of aryl methyl sites for hydroxylation is 1. The number of rotatable bonds is 8. The summed E-state index contributed by atoms with van der Waals surface area (Å²) < 4.78 is 10.6. The van der Waals surface area contributed by atoms with Gasteiger partial charge in [0.2, 0.25) is 0 Å². The third-order valence-electron chi connectivity index (χ3n) is 2.79. The minimum atomic E-state index is -0.440. The summed E-state index contributed by atoms with van der Waals surface area (Å²) in [5.41, 5.74) is 1.17. The third kappa shape index (κ3) is 5.75. The first-order valence-corrected chi connectivity index (χ1v) is 6.67. The molecule has 19 heavy (non-hydrogen) atoms. The van der Waals surface area contributed by atoms with Crippen LogP contribution in [0.3, 0.4) is 0 Å². The fraction of sp³-hybridized carbons (Fsp3) is 0.533. The zero-order valence-corrected chi connectivity index (χ0v) is 11.9. The molecule has 0 fully saturated rings. The van der Waals surface area contributed by atoms with Crippen molar-refractivity contribution in [1.29, 1.82) is 0 Å². The maximum absolute atomic E-state index is 11.9. The Labute approximate surface area is 115 Å². The van der Waals surface area contributed by atoms with Gasteiger partial charge in [-0.1, -0.05) is 24.6 Å². The quantitative estimate of drug-likeness (QED) is 0.734. The number of benzene rings is 1. The molecule has 1 amide bonds. The van der Waals surface area contributed by atoms with Gasteiger partial charge in [-0.3, -0.25) is 4.79 Å². The van der Waals surface area contributed by atoms with E-state index in [2.05, 4.69) is 5.32 Å². The molecule has 1 aromatic rings. The molecular weight excluding hydrogens is 242 g/mol. The van der Waals surface area contributed by atoms with Crippen molar-refractivity contribution in [3.63, 3.8) is 0 Å². The van der Waals surface area contributed by atoms with Crippen LogP contribution < -0.4 is 10.1 Å². The summed E-state index contributed by atoms with van der Waals surface area (Å²) in [7, 11) is 1.65. The molecule has 0 aromatic heterocycles. The van der Waals surface area contributed by atoms with Gasteiger partial charge < -0.3 is 14.8 Å². The monoisotopic (exact) mass is 265 g/mol. The molecule has 0 saturated heterocycles. The van der Waals surface area contributed by atoms with Crippen LogP contribution in [0, 0.1) is 6.92 Å². The van der Waals surface area contributed by atoms with Crippen molar-refractivity contribution in [3.8, 4) is 5.75 Å². The second kappa shape index (κ2) is 8.53. The van der Waals surface area contributed by atoms with Crippen LogP contribution in [0.25, 0.3) is 0 Å². The summed E-state index contributed by atoms with van der Waals surface area (Å²) in [6.07, 6.45) is 1.01. The number of amides is 1. The van der Waals surface area contributed by atoms with Crippen LogP contribution in [-0.4, -0.2) is 32.3 Å². The molecule has 0 aliphatic heterocycles. The minimum Gasteiger partial charge on any atom is -0.481 e. The Hall–Kier alpha value is -1.55. The maximum Gasteiger partial charge on any atom is 0.261 e. The lowest BCUT2D eigenvalue weighted by Crippen LogP contribution is -2.38. The van der Waals surface area contributed by atoms with E-state index in [4.69, 9.17) is 9.47 Å². The molecule has 0 aliphatic rings. The molecule has 0 saturated carbocycles. The van der Waals surface area contributed by atoms with E-state index in [9.17, 15) is 4.79 Å². The van der Waals surface area contributed by atoms with Gasteiger partial charge in [-0.2, -0.15) is 0 Å². The highest BCUT2D eigenvalue weighted by atomic mass is 16.5. The Morgan fingerprint density at radius 2 is 2.00 bits per heavy atom. The first kappa shape index (κ1) is 15.5. The number of hydrogen-bond donors (Lipinski definition) is 1. The Balaban J connectivity index is 2.43. The zero-order chi connectivity index (χ0) is 14.1. The highest BCUT2D eigenvalue weighted by Gasteiger charge is 2.17. The van der Waals surface area contributed by atoms with E-state index in [0.717, 1.165) is 12.2 Å². The fourth-order valence-electron chi connectivity index (χ4n) is 1.65. The van der Waals surface area contributed by atoms with Crippen molar-refractivity contribution in [2.75, 3.05) is 20.3 Å². The van der Waals surface area contributed by atoms with Crippen molar-refractivity contribution in [3.05, 3.63) is 29.8 Å². The Bertz CT molecular complexity index is 375. The topological polar surface area (TPSA) is 47.6 Å². The standard InChI is InChI=1S/C15H23NO3/c1-4-14(15(17)16-10-5-11-18-3)19-13-8-6-12(2)7-9-13/h6-9,14H,4-5,10-11H2,1-3H3,(H,16,17)/t14-/m1/s1. The minimum absolute atomic E-state index is 0.0702. The van der Waals surface area contributed by atoms with E-state index in [1.807, 2.05) is 38.1 Å². The zero-order valence-electron chi connectivity index (χ0n) is 11.9. The van der Waals surface area contributed by atoms with E-state index >= 15 is 0 Å². The van der Waals surface area contributed by atoms with E-state index in [1.165, 1.54) is 5.56 Å². The van der Waals surface area contributed by atoms with Gasteiger partial charge in [-0.15, -0.1) is 0 Å². The molecule has 0 aliphatic carbocycles. The molecule has 0 unspecified atom stereocenters. The normalized spacial score (nSPS) is 11.9. The van der Waals surface area contributed by atoms with Crippen molar-refractivity contribution >= 4 is 5.91 Å². The van der Waals surface area contributed by atoms with Crippen molar-refractivity contribution < 1.29 is 14.3 Å². The number of hydrogen-bond acceptors (Lipinski definition) is 3. The number of carbonyl (C=O) groups is 1. The highest BCUT2D eigenvalue weighted by molar-refractivity contribution is 5.81. The number of carbonyl (C=O) groups excluding carboxylic acids is 1. The number of nitrogens with one attached hydrogen (secondary N) is 1. The molecular formula is C15H23NO3. The van der Waals surface area contributed by atoms with Crippen LogP contribution in [0.15, 0.2) is 24.3 Å². The average molecular weight is 265 g/mol. The molecule has 1 rings (SSSR count). The SMILES string of the molecule is CC[C@@H](Oc1ccc(C)cc1)C(=O)NCCCOC. The van der Waals surface area contributed by atoms with Gasteiger partial charge in [0.25, 0.3) is 5.91 Å². The van der Waals surface area contributed by atoms with Gasteiger partial charge >= 0.3 is 0 Å². The molecule has 1 atom stereocenters. The van der Waals surface area contributed by atoms with Gasteiger partial charge in [-0.05, 0) is 31.9 Å². The molecule has 4 nitrogen and oxygen atoms in total. The van der Waals surface area contributed by atoms with Gasteiger partial charge in [0.15, 0.2) is 6.10 Å². The molecule has 1 N–H and O–H groups in total. The van der Waals surface area contributed by atoms with Gasteiger partial charge in [0.1, 0.15) is 5.75 Å². The van der Waals surface area contributed by atoms with E-state index in [0.29, 0.717) is 19.6 Å². The van der Waals surface area contributed by atoms with Crippen LogP contribution >= 0.6 is 0 Å². The van der Waals surface area contributed by atoms with Crippen LogP contribution in [0.2, 0.25) is 0 Å². The summed E-state index contributed by atoms with van der Waals surface area (Å²) in [5, 5.41) is 2.86. The molecule has 0 heterocycles. The predicted octanol–water partition coefficient (Wildman–Crippen LogP) is 2.31. The second-order valence-electron chi connectivity index (χ2n) is 4.47. The summed E-state index contributed by atoms with van der Waals surface area (Å²) in [4.78, 5) is 11.9. The van der Waals surface area contributed by atoms with Gasteiger partial charge in [0, 0.05) is 20.3 Å². The first-order chi connectivity index (χ1) is 9.17. The predicted molar refractivity (Wildman–Crippen MR) is 75.4 cm³/mol.